The van der Waals surface area contributed by atoms with Crippen LogP contribution in [0, 0.1) is 0 Å². The zero-order valence-electron chi connectivity index (χ0n) is 38.9. The molecule has 5 heterocycles. The molecule has 5 aliphatic heterocycles. The molecule has 0 saturated carbocycles. The Bertz CT molecular complexity index is 1470. The fourth-order valence-electron chi connectivity index (χ4n) is 8.05. The summed E-state index contributed by atoms with van der Waals surface area (Å²) in [6.45, 7) is 21.1. The Labute approximate surface area is 374 Å². The Balaban J connectivity index is 0.000000315. The van der Waals surface area contributed by atoms with Crippen molar-refractivity contribution in [3.05, 3.63) is 0 Å². The van der Waals surface area contributed by atoms with Crippen LogP contribution in [0.3, 0.4) is 0 Å². The summed E-state index contributed by atoms with van der Waals surface area (Å²) in [5.74, 6) is -2.09. The maximum Gasteiger partial charge on any atom is 1.00 e. The maximum atomic E-state index is 12.4. The third-order valence-corrected chi connectivity index (χ3v) is 10.8. The molecule has 0 aromatic rings. The molecule has 5 aliphatic rings. The fraction of sp³-hybridized carbons (Fsp3) is 0.857. The number of methoxy groups -OCH3 is 2. The molecule has 0 radical (unpaired) electrons. The van der Waals surface area contributed by atoms with E-state index in [1.165, 1.54) is 54.6 Å². The standard InChI is InChI=1S/C16H28N2O4.C15H26N2O4.C11H19NO5.Li/c1-16(2,3)22-15(20)18-11-12(10-13(18)14(19)21-4)17-8-6-5-7-9-17;1-15(2,3)21-14(20)17-10-11(9-12(17)13(18)19)16-7-5-4-6-8-16;1-11(2,3)17-10(15)12-6-7(13)5-8(12)9(14)16-4;/h12-13H,5-11H2,1-4H3;11-12H,4-10H2,1-3H3,(H,18,19);7-8,13H,5-6H2,1-4H3;/q;;;+1/p-1/t12?,13-;11?,12-;7-,8+;/m110./s1. The smallest absolute Gasteiger partial charge is 0.548 e. The van der Waals surface area contributed by atoms with Crippen molar-refractivity contribution in [2.75, 3.05) is 60.0 Å². The second-order valence-electron chi connectivity index (χ2n) is 19.2. The Morgan fingerprint density at radius 3 is 1.15 bits per heavy atom. The summed E-state index contributed by atoms with van der Waals surface area (Å²) in [5.41, 5.74) is -1.83. The van der Waals surface area contributed by atoms with Gasteiger partial charge in [0.2, 0.25) is 0 Å². The molecule has 18 nitrogen and oxygen atoms in total. The van der Waals surface area contributed by atoms with Gasteiger partial charge >= 0.3 is 49.1 Å². The zero-order valence-corrected chi connectivity index (χ0v) is 38.9. The molecule has 0 aromatic carbocycles. The molecular formula is C42H72LiN5O13. The first-order valence-corrected chi connectivity index (χ1v) is 21.4. The number of carboxylic acids is 1. The summed E-state index contributed by atoms with van der Waals surface area (Å²) in [5, 5.41) is 20.8. The van der Waals surface area contributed by atoms with E-state index in [2.05, 4.69) is 14.5 Å². The first-order valence-electron chi connectivity index (χ1n) is 21.4. The van der Waals surface area contributed by atoms with Gasteiger partial charge in [-0.05, 0) is 127 Å². The van der Waals surface area contributed by atoms with E-state index in [4.69, 9.17) is 18.9 Å². The molecule has 0 aliphatic carbocycles. The molecule has 5 fully saturated rings. The van der Waals surface area contributed by atoms with Crippen LogP contribution in [-0.4, -0.2) is 179 Å². The number of hydrogen-bond acceptors (Lipinski definition) is 15. The third kappa shape index (κ3) is 17.1. The van der Waals surface area contributed by atoms with Crippen LogP contribution in [0.5, 0.6) is 0 Å². The summed E-state index contributed by atoms with van der Waals surface area (Å²) in [6.07, 6.45) is 6.08. The van der Waals surface area contributed by atoms with Crippen LogP contribution >= 0.6 is 0 Å². The van der Waals surface area contributed by atoms with Crippen molar-refractivity contribution in [2.45, 2.75) is 173 Å². The number of carbonyl (C=O) groups excluding carboxylic acids is 6. The van der Waals surface area contributed by atoms with Crippen LogP contribution in [-0.2, 0) is 38.1 Å². The van der Waals surface area contributed by atoms with E-state index in [1.54, 1.807) is 41.5 Å². The SMILES string of the molecule is CC(C)(C)OC(=O)N1CC(N2CCCCC2)C[C@@H]1C(=O)[O-].COC(=O)[C@H]1CC(N2CCCCC2)CN1C(=O)OC(C)(C)C.COC(=O)[C@H]1C[C@H](O)CN1C(=O)OC(C)(C)C.[Li+]. The first-order chi connectivity index (χ1) is 27.8. The van der Waals surface area contributed by atoms with Crippen molar-refractivity contribution in [1.82, 2.24) is 24.5 Å². The molecule has 5 saturated heterocycles. The number of rotatable bonds is 5. The van der Waals surface area contributed by atoms with Gasteiger partial charge in [-0.25, -0.2) is 24.0 Å². The van der Waals surface area contributed by atoms with Crippen LogP contribution in [0.4, 0.5) is 14.4 Å². The minimum absolute atomic E-state index is 0. The summed E-state index contributed by atoms with van der Waals surface area (Å²) < 4.78 is 25.4. The van der Waals surface area contributed by atoms with Gasteiger partial charge < -0.3 is 38.7 Å². The summed E-state index contributed by atoms with van der Waals surface area (Å²) >= 11 is 0. The number of nitrogens with zero attached hydrogens (tertiary/aromatic N) is 5. The van der Waals surface area contributed by atoms with Crippen LogP contribution in [0.2, 0.25) is 0 Å². The Hall–Kier alpha value is -3.30. The molecule has 0 bridgehead atoms. The van der Waals surface area contributed by atoms with Gasteiger partial charge in [-0.15, -0.1) is 0 Å². The number of amides is 3. The van der Waals surface area contributed by atoms with Gasteiger partial charge in [0, 0.05) is 31.6 Å². The minimum atomic E-state index is -1.19. The van der Waals surface area contributed by atoms with E-state index in [1.807, 2.05) is 20.8 Å². The van der Waals surface area contributed by atoms with Gasteiger partial charge in [0.25, 0.3) is 0 Å². The summed E-state index contributed by atoms with van der Waals surface area (Å²) in [6, 6.07) is -1.86. The number of likely N-dealkylation sites (tertiary alicyclic amines) is 5. The third-order valence-electron chi connectivity index (χ3n) is 10.8. The number of β-amino-alcohol motifs (C(OH)–C–C–N with tert-alkyl or cyclic N) is 1. The van der Waals surface area contributed by atoms with Gasteiger partial charge in [-0.3, -0.25) is 24.5 Å². The van der Waals surface area contributed by atoms with E-state index in [9.17, 15) is 39.0 Å². The fourth-order valence-corrected chi connectivity index (χ4v) is 8.05. The quantitative estimate of drug-likeness (QED) is 0.222. The van der Waals surface area contributed by atoms with Crippen molar-refractivity contribution in [3.63, 3.8) is 0 Å². The predicted octanol–water partition coefficient (Wildman–Crippen LogP) is 0.157. The van der Waals surface area contributed by atoms with Gasteiger partial charge in [-0.2, -0.15) is 0 Å². The summed E-state index contributed by atoms with van der Waals surface area (Å²) in [7, 11) is 2.62. The molecule has 19 heteroatoms. The number of piperidine rings is 2. The number of hydrogen-bond donors (Lipinski definition) is 1. The van der Waals surface area contributed by atoms with E-state index in [0.717, 1.165) is 39.0 Å². The van der Waals surface area contributed by atoms with Crippen LogP contribution in [0.1, 0.15) is 120 Å². The number of ether oxygens (including phenoxy) is 5. The van der Waals surface area contributed by atoms with Crippen molar-refractivity contribution in [1.29, 1.82) is 0 Å². The second kappa shape index (κ2) is 23.4. The Kier molecular flexibility index (Phi) is 20.7. The Morgan fingerprint density at radius 2 is 0.820 bits per heavy atom. The molecule has 0 spiro atoms. The number of carboxylic acid groups (broad SMARTS) is 1. The number of aliphatic carboxylic acids is 1. The Morgan fingerprint density at radius 1 is 0.508 bits per heavy atom. The average molecular weight is 862 g/mol. The largest absolute Gasteiger partial charge is 1.00 e. The number of aliphatic hydroxyl groups is 1. The van der Waals surface area contributed by atoms with E-state index in [-0.39, 0.29) is 49.9 Å². The van der Waals surface area contributed by atoms with Gasteiger partial charge in [0.05, 0.1) is 38.9 Å². The average Bonchev–Trinajstić information content (AvgIpc) is 3.91. The van der Waals surface area contributed by atoms with Crippen LogP contribution in [0.25, 0.3) is 0 Å². The molecule has 344 valence electrons. The van der Waals surface area contributed by atoms with Crippen molar-refractivity contribution in [2.24, 2.45) is 0 Å². The minimum Gasteiger partial charge on any atom is -0.548 e. The van der Waals surface area contributed by atoms with E-state index >= 15 is 0 Å². The first kappa shape index (κ1) is 53.8. The monoisotopic (exact) mass is 862 g/mol. The number of aliphatic hydroxyl groups excluding tert-OH is 1. The van der Waals surface area contributed by atoms with Gasteiger partial charge in [0.1, 0.15) is 28.9 Å². The van der Waals surface area contributed by atoms with E-state index < -0.39 is 71.3 Å². The van der Waals surface area contributed by atoms with Crippen LogP contribution in [0.15, 0.2) is 0 Å². The molecule has 6 atom stereocenters. The second-order valence-corrected chi connectivity index (χ2v) is 19.2. The van der Waals surface area contributed by atoms with Crippen LogP contribution < -0.4 is 24.0 Å². The molecule has 5 rings (SSSR count). The van der Waals surface area contributed by atoms with Crippen molar-refractivity contribution < 1.29 is 81.5 Å². The molecular weight excluding hydrogens is 789 g/mol. The molecule has 0 aromatic heterocycles. The maximum absolute atomic E-state index is 12.4. The molecule has 61 heavy (non-hydrogen) atoms. The molecule has 1 N–H and O–H groups in total. The zero-order chi connectivity index (χ0) is 45.2. The van der Waals surface area contributed by atoms with E-state index in [0.29, 0.717) is 25.9 Å². The normalized spacial score (nSPS) is 26.1. The van der Waals surface area contributed by atoms with Gasteiger partial charge in [-0.1, -0.05) is 12.8 Å². The topological polar surface area (TPSA) is 208 Å². The number of carbonyl (C=O) groups is 6. The molecule has 2 unspecified atom stereocenters. The predicted molar refractivity (Wildman–Crippen MR) is 218 cm³/mol. The van der Waals surface area contributed by atoms with Crippen molar-refractivity contribution in [3.8, 4) is 0 Å². The van der Waals surface area contributed by atoms with Gasteiger partial charge in [0.15, 0.2) is 0 Å². The van der Waals surface area contributed by atoms with Crippen molar-refractivity contribution >= 4 is 36.2 Å². The number of esters is 2. The summed E-state index contributed by atoms with van der Waals surface area (Å²) in [4.78, 5) is 80.0. The molecule has 3 amide bonds.